The van der Waals surface area contributed by atoms with Crippen LogP contribution in [-0.4, -0.2) is 25.0 Å². The fourth-order valence-electron chi connectivity index (χ4n) is 1.74. The number of hydrogen-bond acceptors (Lipinski definition) is 4. The second-order valence-corrected chi connectivity index (χ2v) is 3.96. The minimum Gasteiger partial charge on any atom is -0.481 e. The summed E-state index contributed by atoms with van der Waals surface area (Å²) in [5, 5.41) is 5.33. The number of benzene rings is 1. The average molecular weight is 275 g/mol. The number of hydrogen-bond donors (Lipinski definition) is 2. The summed E-state index contributed by atoms with van der Waals surface area (Å²) in [6, 6.07) is 7.60. The maximum Gasteiger partial charge on any atom is 0.257 e. The van der Waals surface area contributed by atoms with E-state index in [1.54, 1.807) is 25.2 Å². The quantitative estimate of drug-likeness (QED) is 0.900. The van der Waals surface area contributed by atoms with Crippen LogP contribution < -0.4 is 15.4 Å². The first kappa shape index (κ1) is 13.8. The summed E-state index contributed by atoms with van der Waals surface area (Å²) in [6.45, 7) is 0. The predicted molar refractivity (Wildman–Crippen MR) is 74.7 cm³/mol. The molecule has 0 atom stereocenters. The van der Waals surface area contributed by atoms with Crippen molar-refractivity contribution in [3.8, 4) is 5.88 Å². The number of halogens is 1. The molecule has 0 bridgehead atoms. The molecule has 0 saturated carbocycles. The molecular formula is C14H14FN3O2. The number of anilines is 2. The number of methoxy groups -OCH3 is 1. The molecule has 0 radical (unpaired) electrons. The van der Waals surface area contributed by atoms with Gasteiger partial charge in [-0.1, -0.05) is 6.07 Å². The Morgan fingerprint density at radius 1 is 1.30 bits per heavy atom. The largest absolute Gasteiger partial charge is 0.481 e. The van der Waals surface area contributed by atoms with Gasteiger partial charge in [0, 0.05) is 13.1 Å². The van der Waals surface area contributed by atoms with Gasteiger partial charge in [0.25, 0.3) is 5.91 Å². The van der Waals surface area contributed by atoms with Gasteiger partial charge in [-0.2, -0.15) is 0 Å². The number of ether oxygens (including phenoxy) is 1. The van der Waals surface area contributed by atoms with Crippen LogP contribution in [0.5, 0.6) is 5.88 Å². The third-order valence-electron chi connectivity index (χ3n) is 2.71. The summed E-state index contributed by atoms with van der Waals surface area (Å²) < 4.78 is 18.5. The first-order valence-corrected chi connectivity index (χ1v) is 5.93. The number of pyridine rings is 1. The fraction of sp³-hybridized carbons (Fsp3) is 0.143. The van der Waals surface area contributed by atoms with Crippen molar-refractivity contribution in [3.63, 3.8) is 0 Å². The van der Waals surface area contributed by atoms with Crippen molar-refractivity contribution in [2.24, 2.45) is 0 Å². The highest BCUT2D eigenvalue weighted by atomic mass is 19.1. The summed E-state index contributed by atoms with van der Waals surface area (Å²) in [4.78, 5) is 16.1. The molecule has 20 heavy (non-hydrogen) atoms. The Labute approximate surface area is 115 Å². The molecule has 6 heteroatoms. The van der Waals surface area contributed by atoms with E-state index in [-0.39, 0.29) is 11.3 Å². The first-order valence-electron chi connectivity index (χ1n) is 5.93. The molecule has 0 spiro atoms. The number of aromatic nitrogens is 1. The number of para-hydroxylation sites is 1. The van der Waals surface area contributed by atoms with Crippen LogP contribution in [0, 0.1) is 5.82 Å². The van der Waals surface area contributed by atoms with Crippen LogP contribution in [0.15, 0.2) is 36.5 Å². The zero-order valence-corrected chi connectivity index (χ0v) is 11.1. The lowest BCUT2D eigenvalue weighted by molar-refractivity contribution is 0.102. The Balaban J connectivity index is 2.21. The highest BCUT2D eigenvalue weighted by molar-refractivity contribution is 6.08. The molecule has 0 unspecified atom stereocenters. The molecule has 2 N–H and O–H groups in total. The first-order chi connectivity index (χ1) is 9.65. The summed E-state index contributed by atoms with van der Waals surface area (Å²) in [6.07, 6.45) is 1.47. The molecule has 0 aliphatic carbocycles. The molecule has 5 nitrogen and oxygen atoms in total. The van der Waals surface area contributed by atoms with Crippen molar-refractivity contribution in [1.29, 1.82) is 0 Å². The van der Waals surface area contributed by atoms with Gasteiger partial charge in [0.05, 0.1) is 30.2 Å². The lowest BCUT2D eigenvalue weighted by atomic mass is 10.1. The average Bonchev–Trinajstić information content (AvgIpc) is 2.47. The van der Waals surface area contributed by atoms with Gasteiger partial charge in [-0.05, 0) is 18.2 Å². The molecule has 0 aliphatic heterocycles. The van der Waals surface area contributed by atoms with E-state index in [9.17, 15) is 9.18 Å². The summed E-state index contributed by atoms with van der Waals surface area (Å²) >= 11 is 0. The second-order valence-electron chi connectivity index (χ2n) is 3.96. The Morgan fingerprint density at radius 2 is 2.10 bits per heavy atom. The Morgan fingerprint density at radius 3 is 2.70 bits per heavy atom. The standard InChI is InChI=1S/C14H14FN3O2/c1-16-13-10(4-3-5-11(13)15)14(19)18-9-6-7-12(20-2)17-8-9/h3-8,16H,1-2H3,(H,18,19). The maximum atomic E-state index is 13.6. The van der Waals surface area contributed by atoms with E-state index in [4.69, 9.17) is 4.74 Å². The Hall–Kier alpha value is -2.63. The van der Waals surface area contributed by atoms with E-state index in [2.05, 4.69) is 15.6 Å². The van der Waals surface area contributed by atoms with E-state index >= 15 is 0 Å². The predicted octanol–water partition coefficient (Wildman–Crippen LogP) is 2.52. The lowest BCUT2D eigenvalue weighted by Crippen LogP contribution is -2.15. The van der Waals surface area contributed by atoms with Crippen molar-refractivity contribution < 1.29 is 13.9 Å². The van der Waals surface area contributed by atoms with Gasteiger partial charge in [-0.25, -0.2) is 9.37 Å². The van der Waals surface area contributed by atoms with Gasteiger partial charge >= 0.3 is 0 Å². The van der Waals surface area contributed by atoms with Crippen molar-refractivity contribution in [1.82, 2.24) is 4.98 Å². The molecule has 1 aromatic heterocycles. The monoisotopic (exact) mass is 275 g/mol. The third-order valence-corrected chi connectivity index (χ3v) is 2.71. The van der Waals surface area contributed by atoms with E-state index < -0.39 is 11.7 Å². The van der Waals surface area contributed by atoms with Crippen LogP contribution >= 0.6 is 0 Å². The summed E-state index contributed by atoms with van der Waals surface area (Å²) in [7, 11) is 3.07. The minimum atomic E-state index is -0.479. The SMILES string of the molecule is CNc1c(F)cccc1C(=O)Nc1ccc(OC)nc1. The van der Waals surface area contributed by atoms with E-state index in [0.717, 1.165) is 0 Å². The third kappa shape index (κ3) is 2.85. The smallest absolute Gasteiger partial charge is 0.257 e. The topological polar surface area (TPSA) is 63.2 Å². The molecule has 104 valence electrons. The number of carbonyl (C=O) groups excluding carboxylic acids is 1. The summed E-state index contributed by atoms with van der Waals surface area (Å²) in [5.74, 6) is -0.446. The molecule has 0 saturated heterocycles. The number of nitrogens with one attached hydrogen (secondary N) is 2. The fourth-order valence-corrected chi connectivity index (χ4v) is 1.74. The van der Waals surface area contributed by atoms with Crippen molar-refractivity contribution in [2.75, 3.05) is 24.8 Å². The zero-order valence-electron chi connectivity index (χ0n) is 11.1. The highest BCUT2D eigenvalue weighted by Crippen LogP contribution is 2.20. The highest BCUT2D eigenvalue weighted by Gasteiger charge is 2.14. The van der Waals surface area contributed by atoms with Crippen molar-refractivity contribution in [3.05, 3.63) is 47.9 Å². The molecule has 1 amide bonds. The van der Waals surface area contributed by atoms with Gasteiger partial charge in [-0.3, -0.25) is 4.79 Å². The summed E-state index contributed by atoms with van der Waals surface area (Å²) in [5.41, 5.74) is 0.886. The van der Waals surface area contributed by atoms with E-state index in [1.165, 1.54) is 25.4 Å². The Kier molecular flexibility index (Phi) is 4.14. The minimum absolute atomic E-state index is 0.159. The van der Waals surface area contributed by atoms with Gasteiger partial charge in [0.2, 0.25) is 5.88 Å². The van der Waals surface area contributed by atoms with Gasteiger partial charge in [0.1, 0.15) is 5.82 Å². The van der Waals surface area contributed by atoms with Gasteiger partial charge in [-0.15, -0.1) is 0 Å². The van der Waals surface area contributed by atoms with E-state index in [0.29, 0.717) is 11.6 Å². The molecule has 0 fully saturated rings. The van der Waals surface area contributed by atoms with E-state index in [1.807, 2.05) is 0 Å². The van der Waals surface area contributed by atoms with Crippen LogP contribution in [-0.2, 0) is 0 Å². The van der Waals surface area contributed by atoms with Crippen molar-refractivity contribution in [2.45, 2.75) is 0 Å². The van der Waals surface area contributed by atoms with Crippen LogP contribution in [0.1, 0.15) is 10.4 Å². The number of amides is 1. The maximum absolute atomic E-state index is 13.6. The molecular weight excluding hydrogens is 261 g/mol. The van der Waals surface area contributed by atoms with Crippen molar-refractivity contribution >= 4 is 17.3 Å². The van der Waals surface area contributed by atoms with Crippen LogP contribution in [0.25, 0.3) is 0 Å². The molecule has 1 heterocycles. The van der Waals surface area contributed by atoms with Crippen LogP contribution in [0.2, 0.25) is 0 Å². The van der Waals surface area contributed by atoms with Gasteiger partial charge in [0.15, 0.2) is 0 Å². The molecule has 1 aromatic carbocycles. The Bertz CT molecular complexity index is 614. The lowest BCUT2D eigenvalue weighted by Gasteiger charge is -2.10. The number of rotatable bonds is 4. The van der Waals surface area contributed by atoms with Crippen LogP contribution in [0.4, 0.5) is 15.8 Å². The van der Waals surface area contributed by atoms with Crippen LogP contribution in [0.3, 0.4) is 0 Å². The van der Waals surface area contributed by atoms with Gasteiger partial charge < -0.3 is 15.4 Å². The zero-order chi connectivity index (χ0) is 14.5. The number of carbonyl (C=O) groups is 1. The molecule has 2 aromatic rings. The molecule has 0 aliphatic rings. The normalized spacial score (nSPS) is 9.95. The number of nitrogens with zero attached hydrogens (tertiary/aromatic N) is 1. The second kappa shape index (κ2) is 6.01. The molecule has 2 rings (SSSR count).